The van der Waals surface area contributed by atoms with Crippen molar-refractivity contribution in [3.05, 3.63) is 17.5 Å². The summed E-state index contributed by atoms with van der Waals surface area (Å²) in [6.45, 7) is 8.01. The van der Waals surface area contributed by atoms with Crippen molar-refractivity contribution in [3.8, 4) is 10.8 Å². The van der Waals surface area contributed by atoms with E-state index in [1.807, 2.05) is 29.3 Å². The lowest BCUT2D eigenvalue weighted by Crippen LogP contribution is -2.45. The number of likely N-dealkylation sites (tertiary alicyclic amines) is 1. The molecule has 1 amide bonds. The van der Waals surface area contributed by atoms with Gasteiger partial charge in [0.2, 0.25) is 5.91 Å². The molecule has 0 aromatic carbocycles. The summed E-state index contributed by atoms with van der Waals surface area (Å²) in [6, 6.07) is 3.89. The maximum Gasteiger partial charge on any atom is 0.277 e. The van der Waals surface area contributed by atoms with Crippen molar-refractivity contribution in [2.45, 2.75) is 37.7 Å². The molecule has 0 bridgehead atoms. The maximum absolute atomic E-state index is 12.6. The highest BCUT2D eigenvalue weighted by molar-refractivity contribution is 8.00. The van der Waals surface area contributed by atoms with Crippen LogP contribution in [-0.4, -0.2) is 39.3 Å². The quantitative estimate of drug-likeness (QED) is 0.785. The summed E-state index contributed by atoms with van der Waals surface area (Å²) in [5.41, 5.74) is 0. The lowest BCUT2D eigenvalue weighted by atomic mass is 9.92. The van der Waals surface area contributed by atoms with E-state index in [2.05, 4.69) is 24.0 Å². The smallest absolute Gasteiger partial charge is 0.277 e. The summed E-state index contributed by atoms with van der Waals surface area (Å²) < 4.78 is 5.66. The number of carbonyl (C=O) groups is 1. The Labute approximate surface area is 144 Å². The third-order valence-electron chi connectivity index (χ3n) is 3.94. The standard InChI is InChI=1S/C16H21N3O2S2/c1-10-7-11(2)9-19(8-10)15(20)12(3)23-16-18-17-14(21-16)13-5-4-6-22-13/h4-6,10-12H,7-9H2,1-3H3. The summed E-state index contributed by atoms with van der Waals surface area (Å²) >= 11 is 2.90. The second-order valence-corrected chi connectivity index (χ2v) is 8.54. The van der Waals surface area contributed by atoms with Crippen LogP contribution in [0.4, 0.5) is 0 Å². The predicted octanol–water partition coefficient (Wildman–Crippen LogP) is 3.78. The summed E-state index contributed by atoms with van der Waals surface area (Å²) in [7, 11) is 0. The molecule has 0 radical (unpaired) electrons. The molecule has 0 saturated carbocycles. The molecule has 3 rings (SSSR count). The number of thioether (sulfide) groups is 1. The van der Waals surface area contributed by atoms with Crippen molar-refractivity contribution in [3.63, 3.8) is 0 Å². The van der Waals surface area contributed by atoms with Crippen LogP contribution in [0.2, 0.25) is 0 Å². The molecule has 1 aliphatic rings. The Balaban J connectivity index is 1.62. The molecule has 3 unspecified atom stereocenters. The summed E-state index contributed by atoms with van der Waals surface area (Å²) in [6.07, 6.45) is 1.19. The van der Waals surface area contributed by atoms with Crippen molar-refractivity contribution < 1.29 is 9.21 Å². The number of piperidine rings is 1. The Bertz CT molecular complexity index is 646. The Morgan fingerprint density at radius 3 is 2.78 bits per heavy atom. The van der Waals surface area contributed by atoms with Gasteiger partial charge in [-0.1, -0.05) is 31.7 Å². The molecule has 0 aliphatic carbocycles. The SMILES string of the molecule is CC1CC(C)CN(C(=O)C(C)Sc2nnc(-c3cccs3)o2)C1. The van der Waals surface area contributed by atoms with Gasteiger partial charge in [0.25, 0.3) is 11.1 Å². The second kappa shape index (κ2) is 7.05. The average molecular weight is 351 g/mol. The summed E-state index contributed by atoms with van der Waals surface area (Å²) in [4.78, 5) is 15.6. The van der Waals surface area contributed by atoms with E-state index in [0.717, 1.165) is 18.0 Å². The highest BCUT2D eigenvalue weighted by atomic mass is 32.2. The minimum Gasteiger partial charge on any atom is -0.410 e. The van der Waals surface area contributed by atoms with Crippen LogP contribution in [0.3, 0.4) is 0 Å². The molecule has 1 fully saturated rings. The zero-order valence-corrected chi connectivity index (χ0v) is 15.2. The second-order valence-electron chi connectivity index (χ2n) is 6.30. The fourth-order valence-electron chi connectivity index (χ4n) is 3.06. The first-order valence-electron chi connectivity index (χ1n) is 7.85. The first kappa shape index (κ1) is 16.5. The van der Waals surface area contributed by atoms with E-state index in [4.69, 9.17) is 4.42 Å². The number of carbonyl (C=O) groups excluding carboxylic acids is 1. The van der Waals surface area contributed by atoms with Crippen LogP contribution < -0.4 is 0 Å². The van der Waals surface area contributed by atoms with Gasteiger partial charge in [0.1, 0.15) is 0 Å². The largest absolute Gasteiger partial charge is 0.410 e. The molecular weight excluding hydrogens is 330 g/mol. The fourth-order valence-corrected chi connectivity index (χ4v) is 4.47. The highest BCUT2D eigenvalue weighted by Gasteiger charge is 2.29. The number of nitrogens with zero attached hydrogens (tertiary/aromatic N) is 3. The van der Waals surface area contributed by atoms with E-state index in [-0.39, 0.29) is 11.2 Å². The van der Waals surface area contributed by atoms with Crippen LogP contribution in [0.15, 0.2) is 27.2 Å². The molecule has 7 heteroatoms. The molecule has 3 atom stereocenters. The molecule has 23 heavy (non-hydrogen) atoms. The number of rotatable bonds is 4. The average Bonchev–Trinajstić information content (AvgIpc) is 3.15. The Morgan fingerprint density at radius 1 is 1.39 bits per heavy atom. The Kier molecular flexibility index (Phi) is 5.06. The molecule has 1 saturated heterocycles. The first-order valence-corrected chi connectivity index (χ1v) is 9.61. The van der Waals surface area contributed by atoms with E-state index < -0.39 is 0 Å². The molecule has 124 valence electrons. The first-order chi connectivity index (χ1) is 11.0. The molecule has 3 heterocycles. The minimum absolute atomic E-state index is 0.157. The van der Waals surface area contributed by atoms with Crippen molar-refractivity contribution in [2.24, 2.45) is 11.8 Å². The topological polar surface area (TPSA) is 59.2 Å². The van der Waals surface area contributed by atoms with Gasteiger partial charge < -0.3 is 9.32 Å². The van der Waals surface area contributed by atoms with Gasteiger partial charge in [-0.2, -0.15) is 0 Å². The van der Waals surface area contributed by atoms with Gasteiger partial charge in [-0.15, -0.1) is 21.5 Å². The minimum atomic E-state index is -0.218. The van der Waals surface area contributed by atoms with Crippen LogP contribution in [0.1, 0.15) is 27.2 Å². The van der Waals surface area contributed by atoms with Crippen molar-refractivity contribution in [1.82, 2.24) is 15.1 Å². The fraction of sp³-hybridized carbons (Fsp3) is 0.562. The van der Waals surface area contributed by atoms with Crippen LogP contribution in [-0.2, 0) is 4.79 Å². The van der Waals surface area contributed by atoms with Gasteiger partial charge in [-0.25, -0.2) is 0 Å². The number of thiophene rings is 1. The third-order valence-corrected chi connectivity index (χ3v) is 5.72. The van der Waals surface area contributed by atoms with E-state index in [0.29, 0.717) is 22.9 Å². The molecule has 1 aliphatic heterocycles. The van der Waals surface area contributed by atoms with Crippen molar-refractivity contribution >= 4 is 29.0 Å². The van der Waals surface area contributed by atoms with Gasteiger partial charge >= 0.3 is 0 Å². The number of hydrogen-bond donors (Lipinski definition) is 0. The van der Waals surface area contributed by atoms with Crippen LogP contribution in [0.25, 0.3) is 10.8 Å². The molecular formula is C16H21N3O2S2. The van der Waals surface area contributed by atoms with Crippen molar-refractivity contribution in [1.29, 1.82) is 0 Å². The van der Waals surface area contributed by atoms with E-state index in [9.17, 15) is 4.79 Å². The van der Waals surface area contributed by atoms with Gasteiger partial charge in [-0.05, 0) is 36.6 Å². The summed E-state index contributed by atoms with van der Waals surface area (Å²) in [5, 5.41) is 10.3. The van der Waals surface area contributed by atoms with E-state index in [1.165, 1.54) is 18.2 Å². The van der Waals surface area contributed by atoms with Crippen LogP contribution in [0, 0.1) is 11.8 Å². The van der Waals surface area contributed by atoms with Gasteiger partial charge in [0.15, 0.2) is 0 Å². The molecule has 2 aromatic rings. The van der Waals surface area contributed by atoms with Crippen molar-refractivity contribution in [2.75, 3.05) is 13.1 Å². The van der Waals surface area contributed by atoms with Gasteiger partial charge in [-0.3, -0.25) is 4.79 Å². The number of aromatic nitrogens is 2. The molecule has 5 nitrogen and oxygen atoms in total. The molecule has 2 aromatic heterocycles. The molecule has 0 spiro atoms. The Morgan fingerprint density at radius 2 is 2.13 bits per heavy atom. The zero-order chi connectivity index (χ0) is 16.4. The zero-order valence-electron chi connectivity index (χ0n) is 13.6. The van der Waals surface area contributed by atoms with Crippen LogP contribution in [0.5, 0.6) is 0 Å². The molecule has 0 N–H and O–H groups in total. The lowest BCUT2D eigenvalue weighted by molar-refractivity contribution is -0.132. The van der Waals surface area contributed by atoms with E-state index >= 15 is 0 Å². The number of hydrogen-bond acceptors (Lipinski definition) is 6. The maximum atomic E-state index is 12.6. The highest BCUT2D eigenvalue weighted by Crippen LogP contribution is 2.30. The monoisotopic (exact) mass is 351 g/mol. The van der Waals surface area contributed by atoms with Gasteiger partial charge in [0.05, 0.1) is 10.1 Å². The summed E-state index contributed by atoms with van der Waals surface area (Å²) in [5.74, 6) is 1.80. The lowest BCUT2D eigenvalue weighted by Gasteiger charge is -2.36. The van der Waals surface area contributed by atoms with Crippen LogP contribution >= 0.6 is 23.1 Å². The predicted molar refractivity (Wildman–Crippen MR) is 92.5 cm³/mol. The third kappa shape index (κ3) is 3.95. The number of amides is 1. The van der Waals surface area contributed by atoms with E-state index in [1.54, 1.807) is 11.3 Å². The van der Waals surface area contributed by atoms with Gasteiger partial charge in [0, 0.05) is 13.1 Å². The normalized spacial score (nSPS) is 23.0. The Hall–Kier alpha value is -1.34.